The van der Waals surface area contributed by atoms with Gasteiger partial charge in [-0.1, -0.05) is 55.1 Å². The van der Waals surface area contributed by atoms with Crippen LogP contribution >= 0.6 is 11.8 Å². The van der Waals surface area contributed by atoms with Gasteiger partial charge in [-0.15, -0.1) is 10.2 Å². The topological polar surface area (TPSA) is 80.1 Å². The smallest absolute Gasteiger partial charge is 0.234 e. The van der Waals surface area contributed by atoms with Gasteiger partial charge < -0.3 is 10.2 Å². The van der Waals surface area contributed by atoms with Gasteiger partial charge in [0.1, 0.15) is 6.33 Å². The van der Waals surface area contributed by atoms with E-state index < -0.39 is 0 Å². The summed E-state index contributed by atoms with van der Waals surface area (Å²) in [5, 5.41) is 11.8. The predicted molar refractivity (Wildman–Crippen MR) is 119 cm³/mol. The van der Waals surface area contributed by atoms with Crippen LogP contribution in [0.3, 0.4) is 0 Å². The van der Waals surface area contributed by atoms with Crippen molar-refractivity contribution in [3.63, 3.8) is 0 Å². The van der Waals surface area contributed by atoms with Crippen LogP contribution in [0.4, 0.5) is 5.69 Å². The number of rotatable bonds is 8. The lowest BCUT2D eigenvalue weighted by atomic mass is 10.1. The fourth-order valence-electron chi connectivity index (χ4n) is 3.00. The Labute approximate surface area is 180 Å². The Kier molecular flexibility index (Phi) is 7.24. The zero-order valence-electron chi connectivity index (χ0n) is 17.3. The summed E-state index contributed by atoms with van der Waals surface area (Å²) in [6.45, 7) is 4.05. The lowest BCUT2D eigenvalue weighted by molar-refractivity contribution is -0.128. The summed E-state index contributed by atoms with van der Waals surface area (Å²) < 4.78 is 1.91. The third-order valence-electron chi connectivity index (χ3n) is 4.72. The van der Waals surface area contributed by atoms with E-state index in [2.05, 4.69) is 28.5 Å². The number of aryl methyl sites for hydroxylation is 1. The number of hydrogen-bond donors (Lipinski definition) is 1. The maximum Gasteiger partial charge on any atom is 0.234 e. The highest BCUT2D eigenvalue weighted by atomic mass is 32.2. The lowest BCUT2D eigenvalue weighted by Gasteiger charge is -2.18. The molecule has 0 unspecified atom stereocenters. The normalized spacial score (nSPS) is 10.6. The van der Waals surface area contributed by atoms with Crippen LogP contribution in [0.2, 0.25) is 0 Å². The van der Waals surface area contributed by atoms with E-state index in [0.717, 1.165) is 17.7 Å². The summed E-state index contributed by atoms with van der Waals surface area (Å²) >= 11 is 1.33. The van der Waals surface area contributed by atoms with E-state index >= 15 is 0 Å². The van der Waals surface area contributed by atoms with Crippen molar-refractivity contribution in [2.24, 2.45) is 0 Å². The number of anilines is 1. The van der Waals surface area contributed by atoms with E-state index in [1.54, 1.807) is 18.3 Å². The van der Waals surface area contributed by atoms with Crippen LogP contribution in [0.25, 0.3) is 5.69 Å². The zero-order valence-corrected chi connectivity index (χ0v) is 18.1. The first-order chi connectivity index (χ1) is 14.5. The summed E-state index contributed by atoms with van der Waals surface area (Å²) in [5.74, 6) is 0.0266. The second-order valence-corrected chi connectivity index (χ2v) is 7.78. The number of para-hydroxylation sites is 2. The first-order valence-electron chi connectivity index (χ1n) is 9.70. The number of hydrogen-bond acceptors (Lipinski definition) is 5. The quantitative estimate of drug-likeness (QED) is 0.561. The standard InChI is InChI=1S/C22H25N5O2S/c1-4-17-9-6-8-12-20(17)27-15-23-25-22(27)30-14-21(29)24-19-11-7-5-10-18(19)13-26(3)16(2)28/h5-12,15H,4,13-14H2,1-3H3,(H,24,29). The largest absolute Gasteiger partial charge is 0.342 e. The van der Waals surface area contributed by atoms with E-state index in [0.29, 0.717) is 17.4 Å². The van der Waals surface area contributed by atoms with Crippen molar-refractivity contribution in [3.05, 3.63) is 66.0 Å². The van der Waals surface area contributed by atoms with Crippen LogP contribution in [0.5, 0.6) is 0 Å². The van der Waals surface area contributed by atoms with Gasteiger partial charge in [-0.2, -0.15) is 0 Å². The van der Waals surface area contributed by atoms with Crippen LogP contribution in [-0.4, -0.2) is 44.3 Å². The Hall–Kier alpha value is -3.13. The molecule has 30 heavy (non-hydrogen) atoms. The van der Waals surface area contributed by atoms with Crippen molar-refractivity contribution < 1.29 is 9.59 Å². The molecule has 2 aromatic carbocycles. The molecule has 2 amide bonds. The third kappa shape index (κ3) is 5.27. The molecule has 0 radical (unpaired) electrons. The van der Waals surface area contributed by atoms with Gasteiger partial charge in [0.25, 0.3) is 0 Å². The molecule has 0 saturated heterocycles. The van der Waals surface area contributed by atoms with E-state index in [1.807, 2.05) is 47.0 Å². The monoisotopic (exact) mass is 423 g/mol. The van der Waals surface area contributed by atoms with Gasteiger partial charge in [-0.3, -0.25) is 14.2 Å². The molecule has 3 aromatic rings. The fraction of sp³-hybridized carbons (Fsp3) is 0.273. The number of aromatic nitrogens is 3. The summed E-state index contributed by atoms with van der Waals surface area (Å²) in [7, 11) is 1.73. The predicted octanol–water partition coefficient (Wildman–Crippen LogP) is 3.54. The Morgan fingerprint density at radius 1 is 1.10 bits per heavy atom. The highest BCUT2D eigenvalue weighted by molar-refractivity contribution is 7.99. The number of carbonyl (C=O) groups is 2. The van der Waals surface area contributed by atoms with Gasteiger partial charge in [0.2, 0.25) is 11.8 Å². The van der Waals surface area contributed by atoms with Crippen molar-refractivity contribution in [2.75, 3.05) is 18.1 Å². The third-order valence-corrected chi connectivity index (χ3v) is 5.66. The Morgan fingerprint density at radius 2 is 1.80 bits per heavy atom. The molecule has 0 aliphatic rings. The first-order valence-corrected chi connectivity index (χ1v) is 10.7. The summed E-state index contributed by atoms with van der Waals surface area (Å²) in [6.07, 6.45) is 2.56. The van der Waals surface area contributed by atoms with Crippen molar-refractivity contribution >= 4 is 29.3 Å². The fourth-order valence-corrected chi connectivity index (χ4v) is 3.72. The van der Waals surface area contributed by atoms with Crippen molar-refractivity contribution in [1.82, 2.24) is 19.7 Å². The highest BCUT2D eigenvalue weighted by Crippen LogP contribution is 2.23. The van der Waals surface area contributed by atoms with Gasteiger partial charge in [0.05, 0.1) is 11.4 Å². The molecule has 1 aromatic heterocycles. The lowest BCUT2D eigenvalue weighted by Crippen LogP contribution is -2.24. The minimum absolute atomic E-state index is 0.0293. The van der Waals surface area contributed by atoms with E-state index in [4.69, 9.17) is 0 Å². The molecule has 1 heterocycles. The molecule has 0 spiro atoms. The Balaban J connectivity index is 1.67. The average Bonchev–Trinajstić information content (AvgIpc) is 3.22. The number of benzene rings is 2. The van der Waals surface area contributed by atoms with Crippen LogP contribution in [0.1, 0.15) is 25.0 Å². The van der Waals surface area contributed by atoms with Gasteiger partial charge in [0, 0.05) is 26.2 Å². The van der Waals surface area contributed by atoms with Gasteiger partial charge in [0.15, 0.2) is 5.16 Å². The number of thioether (sulfide) groups is 1. The molecule has 0 saturated carbocycles. The zero-order chi connectivity index (χ0) is 21.5. The van der Waals surface area contributed by atoms with Gasteiger partial charge >= 0.3 is 0 Å². The van der Waals surface area contributed by atoms with Crippen molar-refractivity contribution in [2.45, 2.75) is 32.0 Å². The van der Waals surface area contributed by atoms with Crippen molar-refractivity contribution in [1.29, 1.82) is 0 Å². The summed E-state index contributed by atoms with van der Waals surface area (Å²) in [6, 6.07) is 15.6. The molecule has 0 aliphatic heterocycles. The molecule has 8 heteroatoms. The molecule has 3 rings (SSSR count). The second-order valence-electron chi connectivity index (χ2n) is 6.83. The molecule has 1 N–H and O–H groups in total. The number of amides is 2. The van der Waals surface area contributed by atoms with Crippen molar-refractivity contribution in [3.8, 4) is 5.69 Å². The van der Waals surface area contributed by atoms with Crippen LogP contribution in [0, 0.1) is 0 Å². The highest BCUT2D eigenvalue weighted by Gasteiger charge is 2.14. The van der Waals surface area contributed by atoms with Crippen LogP contribution in [-0.2, 0) is 22.6 Å². The molecule has 0 atom stereocenters. The molecule has 0 aliphatic carbocycles. The molecular weight excluding hydrogens is 398 g/mol. The number of nitrogens with one attached hydrogen (secondary N) is 1. The summed E-state index contributed by atoms with van der Waals surface area (Å²) in [5.41, 5.74) is 3.79. The molecule has 7 nitrogen and oxygen atoms in total. The van der Waals surface area contributed by atoms with Gasteiger partial charge in [-0.25, -0.2) is 0 Å². The number of carbonyl (C=O) groups excluding carboxylic acids is 2. The molecular formula is C22H25N5O2S. The Morgan fingerprint density at radius 3 is 2.53 bits per heavy atom. The van der Waals surface area contributed by atoms with Gasteiger partial charge in [-0.05, 0) is 29.7 Å². The first kappa shape index (κ1) is 21.6. The molecule has 0 fully saturated rings. The number of nitrogens with zero attached hydrogens (tertiary/aromatic N) is 4. The van der Waals surface area contributed by atoms with E-state index in [-0.39, 0.29) is 17.6 Å². The molecule has 0 bridgehead atoms. The average molecular weight is 424 g/mol. The molecule has 156 valence electrons. The van der Waals surface area contributed by atoms with E-state index in [9.17, 15) is 9.59 Å². The second kappa shape index (κ2) is 10.1. The maximum absolute atomic E-state index is 12.6. The minimum Gasteiger partial charge on any atom is -0.342 e. The SMILES string of the molecule is CCc1ccccc1-n1cnnc1SCC(=O)Nc1ccccc1CN(C)C(C)=O. The Bertz CT molecular complexity index is 1030. The van der Waals surface area contributed by atoms with Crippen LogP contribution < -0.4 is 5.32 Å². The summed E-state index contributed by atoms with van der Waals surface area (Å²) in [4.78, 5) is 25.7. The minimum atomic E-state index is -0.142. The van der Waals surface area contributed by atoms with E-state index in [1.165, 1.54) is 24.2 Å². The maximum atomic E-state index is 12.6. The van der Waals surface area contributed by atoms with Crippen LogP contribution in [0.15, 0.2) is 60.0 Å².